The molecule has 28 heavy (non-hydrogen) atoms. The highest BCUT2D eigenvalue weighted by atomic mass is 16.5. The summed E-state index contributed by atoms with van der Waals surface area (Å²) in [5, 5.41) is 28.4. The largest absolute Gasteiger partial charge is 0.491 e. The van der Waals surface area contributed by atoms with Crippen molar-refractivity contribution >= 4 is 0 Å². The Balaban J connectivity index is 1.31. The summed E-state index contributed by atoms with van der Waals surface area (Å²) in [6, 6.07) is 8.63. The van der Waals surface area contributed by atoms with Crippen LogP contribution in [-0.4, -0.2) is 60.9 Å². The van der Waals surface area contributed by atoms with Crippen LogP contribution in [0.15, 0.2) is 24.3 Å². The molecule has 4 bridgehead atoms. The van der Waals surface area contributed by atoms with E-state index in [-0.39, 0.29) is 19.8 Å². The average Bonchev–Trinajstić information content (AvgIpc) is 2.66. The van der Waals surface area contributed by atoms with Crippen LogP contribution in [0.3, 0.4) is 0 Å². The van der Waals surface area contributed by atoms with Gasteiger partial charge in [-0.05, 0) is 79.4 Å². The molecule has 0 aromatic heterocycles. The summed E-state index contributed by atoms with van der Waals surface area (Å²) >= 11 is 0. The maximum Gasteiger partial charge on any atom is 0.137 e. The second-order valence-corrected chi connectivity index (χ2v) is 9.59. The van der Waals surface area contributed by atoms with Crippen molar-refractivity contribution in [3.05, 3.63) is 29.8 Å². The molecule has 0 amide bonds. The fourth-order valence-corrected chi connectivity index (χ4v) is 6.60. The van der Waals surface area contributed by atoms with Crippen LogP contribution in [0, 0.1) is 17.8 Å². The van der Waals surface area contributed by atoms with Gasteiger partial charge >= 0.3 is 0 Å². The Morgan fingerprint density at radius 1 is 0.929 bits per heavy atom. The van der Waals surface area contributed by atoms with E-state index in [9.17, 15) is 5.11 Å². The first kappa shape index (κ1) is 20.1. The van der Waals surface area contributed by atoms with Crippen molar-refractivity contribution in [2.45, 2.75) is 50.0 Å². The Hall–Kier alpha value is -1.14. The summed E-state index contributed by atoms with van der Waals surface area (Å²) in [6.45, 7) is 1.85. The van der Waals surface area contributed by atoms with Crippen LogP contribution in [0.1, 0.15) is 44.1 Å². The van der Waals surface area contributed by atoms with Gasteiger partial charge < -0.3 is 25.0 Å². The van der Waals surface area contributed by atoms with Gasteiger partial charge in [-0.25, -0.2) is 0 Å². The Morgan fingerprint density at radius 2 is 1.46 bits per heavy atom. The molecule has 0 radical (unpaired) electrons. The molecule has 0 unspecified atom stereocenters. The van der Waals surface area contributed by atoms with Crippen LogP contribution < -0.4 is 9.64 Å². The highest BCUT2D eigenvalue weighted by Gasteiger charge is 2.51. The standard InChI is InChI=1S/C23H35NO4/c25-7-5-24(6-8-26)15-21(27)16-28-22-3-1-20(2-4-22)23-12-17-9-18(13-23)11-19(10-17)14-23/h1-4,17-19,21,25-27H,5-16H2/p+1/t17?,18?,19?,21-,23?/m0/s1. The van der Waals surface area contributed by atoms with Crippen molar-refractivity contribution in [1.82, 2.24) is 0 Å². The molecule has 4 N–H and O–H groups in total. The molecule has 5 rings (SSSR count). The first-order chi connectivity index (χ1) is 13.6. The highest BCUT2D eigenvalue weighted by molar-refractivity contribution is 5.34. The van der Waals surface area contributed by atoms with E-state index in [0.717, 1.165) is 28.4 Å². The van der Waals surface area contributed by atoms with Gasteiger partial charge in [0.15, 0.2) is 0 Å². The van der Waals surface area contributed by atoms with Crippen LogP contribution in [0.4, 0.5) is 0 Å². The molecular formula is C23H36NO4+. The van der Waals surface area contributed by atoms with Gasteiger partial charge in [-0.3, -0.25) is 0 Å². The molecule has 4 aliphatic carbocycles. The zero-order valence-electron chi connectivity index (χ0n) is 16.9. The second kappa shape index (κ2) is 8.70. The quantitative estimate of drug-likeness (QED) is 0.476. The lowest BCUT2D eigenvalue weighted by Crippen LogP contribution is -3.14. The van der Waals surface area contributed by atoms with Gasteiger partial charge in [-0.15, -0.1) is 0 Å². The lowest BCUT2D eigenvalue weighted by atomic mass is 9.48. The summed E-state index contributed by atoms with van der Waals surface area (Å²) in [5.74, 6) is 3.64. The summed E-state index contributed by atoms with van der Waals surface area (Å²) in [4.78, 5) is 0.985. The second-order valence-electron chi connectivity index (χ2n) is 9.59. The molecule has 5 nitrogen and oxygen atoms in total. The van der Waals surface area contributed by atoms with Gasteiger partial charge in [-0.1, -0.05) is 12.1 Å². The number of hydrogen-bond acceptors (Lipinski definition) is 4. The number of nitrogens with one attached hydrogen (secondary N) is 1. The number of aliphatic hydroxyl groups is 3. The maximum absolute atomic E-state index is 10.2. The lowest BCUT2D eigenvalue weighted by molar-refractivity contribution is -0.903. The van der Waals surface area contributed by atoms with Gasteiger partial charge in [0.1, 0.15) is 38.1 Å². The fraction of sp³-hybridized carbons (Fsp3) is 0.739. The van der Waals surface area contributed by atoms with Gasteiger partial charge in [0, 0.05) is 0 Å². The fourth-order valence-electron chi connectivity index (χ4n) is 6.60. The van der Waals surface area contributed by atoms with Crippen molar-refractivity contribution < 1.29 is 25.0 Å². The molecule has 1 aromatic rings. The third-order valence-corrected chi connectivity index (χ3v) is 7.40. The van der Waals surface area contributed by atoms with Gasteiger partial charge in [-0.2, -0.15) is 0 Å². The number of quaternary nitrogens is 1. The van der Waals surface area contributed by atoms with Crippen molar-refractivity contribution in [1.29, 1.82) is 0 Å². The Morgan fingerprint density at radius 3 is 1.96 bits per heavy atom. The summed E-state index contributed by atoms with van der Waals surface area (Å²) in [5.41, 5.74) is 1.90. The third-order valence-electron chi connectivity index (χ3n) is 7.40. The van der Waals surface area contributed by atoms with E-state index in [4.69, 9.17) is 14.9 Å². The maximum atomic E-state index is 10.2. The SMILES string of the molecule is OCC[NH+](CCO)C[C@H](O)COc1ccc(C23CC4CC(CC(C4)C2)C3)cc1. The van der Waals surface area contributed by atoms with Crippen LogP contribution in [0.5, 0.6) is 5.75 Å². The van der Waals surface area contributed by atoms with Crippen molar-refractivity contribution in [2.24, 2.45) is 17.8 Å². The van der Waals surface area contributed by atoms with E-state index in [1.807, 2.05) is 0 Å². The van der Waals surface area contributed by atoms with E-state index in [1.165, 1.54) is 44.1 Å². The Bertz CT molecular complexity index is 591. The molecule has 156 valence electrons. The van der Waals surface area contributed by atoms with Crippen LogP contribution in [0.25, 0.3) is 0 Å². The molecule has 1 aromatic carbocycles. The molecule has 1 atom stereocenters. The van der Waals surface area contributed by atoms with Crippen LogP contribution >= 0.6 is 0 Å². The van der Waals surface area contributed by atoms with E-state index in [2.05, 4.69) is 24.3 Å². The number of hydrogen-bond donors (Lipinski definition) is 4. The smallest absolute Gasteiger partial charge is 0.137 e. The molecule has 4 fully saturated rings. The average molecular weight is 391 g/mol. The predicted molar refractivity (Wildman–Crippen MR) is 108 cm³/mol. The highest BCUT2D eigenvalue weighted by Crippen LogP contribution is 2.60. The molecule has 0 saturated heterocycles. The van der Waals surface area contributed by atoms with Crippen molar-refractivity contribution in [3.63, 3.8) is 0 Å². The lowest BCUT2D eigenvalue weighted by Gasteiger charge is -2.57. The number of benzene rings is 1. The minimum atomic E-state index is -0.615. The monoisotopic (exact) mass is 390 g/mol. The minimum absolute atomic E-state index is 0.0503. The number of ether oxygens (including phenoxy) is 1. The van der Waals surface area contributed by atoms with E-state index in [1.54, 1.807) is 0 Å². The normalized spacial score (nSPS) is 32.1. The summed E-state index contributed by atoms with van der Waals surface area (Å²) in [7, 11) is 0. The third kappa shape index (κ3) is 4.38. The van der Waals surface area contributed by atoms with Gasteiger partial charge in [0.25, 0.3) is 0 Å². The molecule has 0 spiro atoms. The summed E-state index contributed by atoms with van der Waals surface area (Å²) in [6.07, 6.45) is 7.87. The van der Waals surface area contributed by atoms with Crippen LogP contribution in [-0.2, 0) is 5.41 Å². The molecular weight excluding hydrogens is 354 g/mol. The molecule has 4 aliphatic rings. The van der Waals surface area contributed by atoms with E-state index >= 15 is 0 Å². The minimum Gasteiger partial charge on any atom is -0.491 e. The molecule has 5 heteroatoms. The van der Waals surface area contributed by atoms with Crippen molar-refractivity contribution in [2.75, 3.05) is 39.5 Å². The van der Waals surface area contributed by atoms with Crippen molar-refractivity contribution in [3.8, 4) is 5.75 Å². The Kier molecular flexibility index (Phi) is 6.26. The first-order valence-electron chi connectivity index (χ1n) is 11.1. The van der Waals surface area contributed by atoms with Gasteiger partial charge in [0.2, 0.25) is 0 Å². The van der Waals surface area contributed by atoms with E-state index < -0.39 is 6.10 Å². The van der Waals surface area contributed by atoms with E-state index in [0.29, 0.717) is 25.0 Å². The molecule has 0 heterocycles. The zero-order chi connectivity index (χ0) is 19.6. The number of aliphatic hydroxyl groups excluding tert-OH is 3. The zero-order valence-corrected chi connectivity index (χ0v) is 16.9. The first-order valence-corrected chi connectivity index (χ1v) is 11.1. The Labute approximate surface area is 168 Å². The topological polar surface area (TPSA) is 74.4 Å². The summed E-state index contributed by atoms with van der Waals surface area (Å²) < 4.78 is 5.81. The number of rotatable bonds is 10. The molecule has 0 aliphatic heterocycles. The van der Waals surface area contributed by atoms with Crippen LogP contribution in [0.2, 0.25) is 0 Å². The van der Waals surface area contributed by atoms with Gasteiger partial charge in [0.05, 0.1) is 13.2 Å². The molecule has 4 saturated carbocycles. The predicted octanol–water partition coefficient (Wildman–Crippen LogP) is 0.764.